The normalized spacial score (nSPS) is 53.4. The second-order valence-electron chi connectivity index (χ2n) is 2.50. The van der Waals surface area contributed by atoms with Gasteiger partial charge in [-0.05, 0) is 0 Å². The van der Waals surface area contributed by atoms with Gasteiger partial charge in [-0.1, -0.05) is 24.6 Å². The molecule has 1 fully saturated rings. The first-order chi connectivity index (χ1) is 3.52. The smallest absolute Gasteiger partial charge is 0.193 e. The van der Waals surface area contributed by atoms with E-state index in [0.717, 1.165) is 0 Å². The highest BCUT2D eigenvalue weighted by Crippen LogP contribution is 2.62. The average molecular weight is 135 g/mol. The summed E-state index contributed by atoms with van der Waals surface area (Å²) in [4.78, 5) is 0. The van der Waals surface area contributed by atoms with Crippen LogP contribution in [0.4, 0.5) is 4.39 Å². The molecule has 0 bridgehead atoms. The van der Waals surface area contributed by atoms with Crippen molar-refractivity contribution in [3.05, 3.63) is 12.7 Å². The zero-order valence-electron chi connectivity index (χ0n) is 4.75. The number of allylic oxidation sites excluding steroid dienone is 1. The lowest BCUT2D eigenvalue weighted by Gasteiger charge is -2.00. The van der Waals surface area contributed by atoms with Crippen LogP contribution in [0.25, 0.3) is 0 Å². The van der Waals surface area contributed by atoms with Crippen LogP contribution >= 0.6 is 11.6 Å². The summed E-state index contributed by atoms with van der Waals surface area (Å²) < 4.78 is 12.5. The summed E-state index contributed by atoms with van der Waals surface area (Å²) in [6, 6.07) is 0. The first-order valence-corrected chi connectivity index (χ1v) is 2.91. The van der Waals surface area contributed by atoms with E-state index in [9.17, 15) is 4.39 Å². The Morgan fingerprint density at radius 3 is 2.25 bits per heavy atom. The second kappa shape index (κ2) is 1.27. The molecule has 46 valence electrons. The molecule has 0 nitrogen and oxygen atoms in total. The van der Waals surface area contributed by atoms with Gasteiger partial charge in [0.2, 0.25) is 0 Å². The molecule has 1 saturated carbocycles. The fourth-order valence-corrected chi connectivity index (χ4v) is 0.993. The van der Waals surface area contributed by atoms with Crippen LogP contribution in [0, 0.1) is 5.41 Å². The van der Waals surface area contributed by atoms with E-state index in [4.69, 9.17) is 11.6 Å². The van der Waals surface area contributed by atoms with Crippen molar-refractivity contribution in [2.45, 2.75) is 18.5 Å². The van der Waals surface area contributed by atoms with E-state index in [0.29, 0.717) is 6.42 Å². The third-order valence-electron chi connectivity index (χ3n) is 1.75. The maximum Gasteiger partial charge on any atom is 0.193 e. The van der Waals surface area contributed by atoms with Crippen molar-refractivity contribution < 1.29 is 4.39 Å². The molecule has 0 aliphatic heterocycles. The molecule has 0 aromatic heterocycles. The number of halogens is 2. The fourth-order valence-electron chi connectivity index (χ4n) is 0.639. The van der Waals surface area contributed by atoms with Crippen LogP contribution in [-0.2, 0) is 0 Å². The molecule has 2 heteroatoms. The molecule has 0 unspecified atom stereocenters. The lowest BCUT2D eigenvalue weighted by molar-refractivity contribution is 0.370. The van der Waals surface area contributed by atoms with Gasteiger partial charge in [-0.3, -0.25) is 0 Å². The van der Waals surface area contributed by atoms with E-state index in [1.54, 1.807) is 13.0 Å². The van der Waals surface area contributed by atoms with Crippen molar-refractivity contribution in [1.82, 2.24) is 0 Å². The van der Waals surface area contributed by atoms with E-state index in [2.05, 4.69) is 6.58 Å². The first-order valence-electron chi connectivity index (χ1n) is 2.53. The third-order valence-corrected chi connectivity index (χ3v) is 2.32. The van der Waals surface area contributed by atoms with Gasteiger partial charge in [-0.15, -0.1) is 6.58 Å². The predicted molar refractivity (Wildman–Crippen MR) is 32.6 cm³/mol. The SMILES string of the molecule is C=C[C@]1(C)C[C@]1(F)Cl. The highest BCUT2D eigenvalue weighted by Gasteiger charge is 2.63. The predicted octanol–water partition coefficient (Wildman–Crippen LogP) is 2.49. The van der Waals surface area contributed by atoms with E-state index in [1.165, 1.54) is 0 Å². The van der Waals surface area contributed by atoms with Crippen molar-refractivity contribution in [2.75, 3.05) is 0 Å². The molecule has 0 aromatic carbocycles. The van der Waals surface area contributed by atoms with Gasteiger partial charge in [-0.25, -0.2) is 4.39 Å². The van der Waals surface area contributed by atoms with Crippen molar-refractivity contribution in [1.29, 1.82) is 0 Å². The summed E-state index contributed by atoms with van der Waals surface area (Å²) in [5.74, 6) is 0. The van der Waals surface area contributed by atoms with Crippen LogP contribution in [0.15, 0.2) is 12.7 Å². The molecule has 1 aliphatic rings. The van der Waals surface area contributed by atoms with Crippen LogP contribution in [0.3, 0.4) is 0 Å². The highest BCUT2D eigenvalue weighted by atomic mass is 35.5. The zero-order valence-corrected chi connectivity index (χ0v) is 5.50. The topological polar surface area (TPSA) is 0 Å². The number of hydrogen-bond donors (Lipinski definition) is 0. The Hall–Kier alpha value is -0.0400. The van der Waals surface area contributed by atoms with Gasteiger partial charge >= 0.3 is 0 Å². The van der Waals surface area contributed by atoms with Crippen LogP contribution in [-0.4, -0.2) is 5.13 Å². The van der Waals surface area contributed by atoms with Gasteiger partial charge in [0.25, 0.3) is 0 Å². The minimum Gasteiger partial charge on any atom is -0.225 e. The summed E-state index contributed by atoms with van der Waals surface area (Å²) in [5.41, 5.74) is -0.450. The second-order valence-corrected chi connectivity index (χ2v) is 3.10. The largest absolute Gasteiger partial charge is 0.225 e. The Kier molecular flexibility index (Phi) is 0.965. The van der Waals surface area contributed by atoms with Crippen molar-refractivity contribution >= 4 is 11.6 Å². The quantitative estimate of drug-likeness (QED) is 0.382. The Labute approximate surface area is 53.3 Å². The molecule has 0 amide bonds. The maximum absolute atomic E-state index is 12.5. The average Bonchev–Trinajstić information content (AvgIpc) is 2.10. The summed E-state index contributed by atoms with van der Waals surface area (Å²) in [7, 11) is 0. The number of hydrogen-bond acceptors (Lipinski definition) is 0. The zero-order chi connectivity index (χ0) is 6.41. The molecule has 0 spiro atoms. The molecule has 1 aliphatic carbocycles. The van der Waals surface area contributed by atoms with Crippen LogP contribution < -0.4 is 0 Å². The minimum absolute atomic E-state index is 0.408. The van der Waals surface area contributed by atoms with Crippen molar-refractivity contribution in [2.24, 2.45) is 5.41 Å². The molecular formula is C6H8ClF. The molecule has 0 heterocycles. The maximum atomic E-state index is 12.5. The standard InChI is InChI=1S/C6H8ClF/c1-3-5(2)4-6(5,7)8/h3H,1,4H2,2H3/t5-,6-/m1/s1. The van der Waals surface area contributed by atoms with Gasteiger partial charge in [0.15, 0.2) is 5.13 Å². The summed E-state index contributed by atoms with van der Waals surface area (Å²) in [5, 5.41) is -1.49. The van der Waals surface area contributed by atoms with Crippen LogP contribution in [0.2, 0.25) is 0 Å². The van der Waals surface area contributed by atoms with Crippen molar-refractivity contribution in [3.63, 3.8) is 0 Å². The Morgan fingerprint density at radius 1 is 1.88 bits per heavy atom. The van der Waals surface area contributed by atoms with E-state index in [-0.39, 0.29) is 0 Å². The lowest BCUT2D eigenvalue weighted by atomic mass is 10.1. The van der Waals surface area contributed by atoms with Crippen molar-refractivity contribution in [3.8, 4) is 0 Å². The summed E-state index contributed by atoms with van der Waals surface area (Å²) >= 11 is 5.31. The number of alkyl halides is 2. The Bertz CT molecular complexity index is 130. The Morgan fingerprint density at radius 2 is 2.25 bits per heavy atom. The molecule has 0 aromatic rings. The van der Waals surface area contributed by atoms with Crippen LogP contribution in [0.5, 0.6) is 0 Å². The Balaban J connectivity index is 2.68. The van der Waals surface area contributed by atoms with Gasteiger partial charge in [0.1, 0.15) is 0 Å². The van der Waals surface area contributed by atoms with E-state index < -0.39 is 10.5 Å². The van der Waals surface area contributed by atoms with Gasteiger partial charge < -0.3 is 0 Å². The number of rotatable bonds is 1. The molecular weight excluding hydrogens is 127 g/mol. The molecule has 2 atom stereocenters. The van der Waals surface area contributed by atoms with E-state index >= 15 is 0 Å². The molecule has 0 N–H and O–H groups in total. The molecule has 0 radical (unpaired) electrons. The first kappa shape index (κ1) is 6.09. The molecule has 0 saturated heterocycles. The highest BCUT2D eigenvalue weighted by molar-refractivity contribution is 6.25. The van der Waals surface area contributed by atoms with Gasteiger partial charge in [-0.2, -0.15) is 0 Å². The molecule has 8 heavy (non-hydrogen) atoms. The van der Waals surface area contributed by atoms with Crippen LogP contribution in [0.1, 0.15) is 13.3 Å². The monoisotopic (exact) mass is 134 g/mol. The lowest BCUT2D eigenvalue weighted by Crippen LogP contribution is -1.99. The summed E-state index contributed by atoms with van der Waals surface area (Å²) in [6.07, 6.45) is 1.98. The van der Waals surface area contributed by atoms with Gasteiger partial charge in [0.05, 0.1) is 0 Å². The third kappa shape index (κ3) is 0.576. The van der Waals surface area contributed by atoms with Gasteiger partial charge in [0, 0.05) is 11.8 Å². The minimum atomic E-state index is -1.49. The van der Waals surface area contributed by atoms with E-state index in [1.807, 2.05) is 0 Å². The molecule has 1 rings (SSSR count). The summed E-state index contributed by atoms with van der Waals surface area (Å²) in [6.45, 7) is 5.22. The fraction of sp³-hybridized carbons (Fsp3) is 0.667.